The molecule has 6 heteroatoms. The fourth-order valence-electron chi connectivity index (χ4n) is 3.27. The molecule has 4 aromatic rings. The Morgan fingerprint density at radius 1 is 0.967 bits per heavy atom. The van der Waals surface area contributed by atoms with Gasteiger partial charge in [0, 0.05) is 12.2 Å². The average molecular weight is 401 g/mol. The summed E-state index contributed by atoms with van der Waals surface area (Å²) in [5.41, 5.74) is 4.98. The van der Waals surface area contributed by atoms with E-state index in [1.807, 2.05) is 61.8 Å². The second-order valence-corrected chi connectivity index (χ2v) is 6.88. The van der Waals surface area contributed by atoms with Gasteiger partial charge >= 0.3 is 6.09 Å². The molecule has 0 fully saturated rings. The van der Waals surface area contributed by atoms with Gasteiger partial charge in [0.2, 0.25) is 0 Å². The summed E-state index contributed by atoms with van der Waals surface area (Å²) in [5, 5.41) is 2.68. The largest absolute Gasteiger partial charge is 0.490 e. The topological polar surface area (TPSA) is 65.4 Å². The molecule has 0 saturated heterocycles. The number of aromatic nitrogens is 2. The van der Waals surface area contributed by atoms with Crippen LogP contribution in [0.15, 0.2) is 79.1 Å². The molecule has 1 amide bonds. The number of hydrogen-bond donors (Lipinski definition) is 1. The Morgan fingerprint density at radius 3 is 2.63 bits per heavy atom. The number of carbonyl (C=O) groups excluding carboxylic acids is 1. The van der Waals surface area contributed by atoms with Gasteiger partial charge in [0.05, 0.1) is 17.4 Å². The van der Waals surface area contributed by atoms with E-state index in [0.717, 1.165) is 27.9 Å². The van der Waals surface area contributed by atoms with Gasteiger partial charge in [-0.2, -0.15) is 0 Å². The van der Waals surface area contributed by atoms with Crippen LogP contribution in [0.5, 0.6) is 5.75 Å². The quantitative estimate of drug-likeness (QED) is 0.442. The van der Waals surface area contributed by atoms with Crippen molar-refractivity contribution in [3.8, 4) is 5.75 Å². The van der Waals surface area contributed by atoms with Crippen molar-refractivity contribution in [2.75, 3.05) is 18.5 Å². The van der Waals surface area contributed by atoms with Gasteiger partial charge in [-0.05, 0) is 48.4 Å². The molecular weight excluding hydrogens is 378 g/mol. The Bertz CT molecular complexity index is 1140. The molecule has 0 atom stereocenters. The number of imidazole rings is 1. The first-order valence-electron chi connectivity index (χ1n) is 9.81. The van der Waals surface area contributed by atoms with E-state index < -0.39 is 6.09 Å². The van der Waals surface area contributed by atoms with Gasteiger partial charge in [-0.3, -0.25) is 5.32 Å². The summed E-state index contributed by atoms with van der Waals surface area (Å²) in [7, 11) is 0. The van der Waals surface area contributed by atoms with Crippen molar-refractivity contribution in [2.45, 2.75) is 13.5 Å². The standard InChI is InChI=1S/C24H23N3O3/c1-18-19(16-27-17-25-21-11-5-6-12-22(21)27)8-7-13-23(18)29-14-15-30-24(28)26-20-9-3-2-4-10-20/h2-13,17H,14-16H2,1H3,(H,26,28). The molecule has 0 unspecified atom stereocenters. The fraction of sp³-hybridized carbons (Fsp3) is 0.167. The van der Waals surface area contributed by atoms with Gasteiger partial charge in [-0.15, -0.1) is 0 Å². The van der Waals surface area contributed by atoms with Gasteiger partial charge in [-0.1, -0.05) is 42.5 Å². The molecular formula is C24H23N3O3. The molecule has 0 radical (unpaired) electrons. The number of hydrogen-bond acceptors (Lipinski definition) is 4. The van der Waals surface area contributed by atoms with Gasteiger partial charge < -0.3 is 14.0 Å². The second kappa shape index (κ2) is 9.13. The summed E-state index contributed by atoms with van der Waals surface area (Å²) in [4.78, 5) is 16.3. The van der Waals surface area contributed by atoms with Gasteiger partial charge in [-0.25, -0.2) is 9.78 Å². The molecule has 1 aromatic heterocycles. The fourth-order valence-corrected chi connectivity index (χ4v) is 3.27. The zero-order chi connectivity index (χ0) is 20.8. The molecule has 3 aromatic carbocycles. The van der Waals surface area contributed by atoms with Crippen LogP contribution >= 0.6 is 0 Å². The Balaban J connectivity index is 1.32. The van der Waals surface area contributed by atoms with Crippen LogP contribution in [0.2, 0.25) is 0 Å². The summed E-state index contributed by atoms with van der Waals surface area (Å²) < 4.78 is 13.2. The van der Waals surface area contributed by atoms with E-state index in [2.05, 4.69) is 27.0 Å². The average Bonchev–Trinajstić information content (AvgIpc) is 3.17. The van der Waals surface area contributed by atoms with Crippen molar-refractivity contribution in [3.63, 3.8) is 0 Å². The Hall–Kier alpha value is -3.80. The molecule has 0 saturated carbocycles. The lowest BCUT2D eigenvalue weighted by Crippen LogP contribution is -2.17. The first-order chi connectivity index (χ1) is 14.7. The number of amides is 1. The van der Waals surface area contributed by atoms with Crippen LogP contribution in [0.1, 0.15) is 11.1 Å². The SMILES string of the molecule is Cc1c(Cn2cnc3ccccc32)cccc1OCCOC(=O)Nc1ccccc1. The molecule has 30 heavy (non-hydrogen) atoms. The van der Waals surface area contributed by atoms with Crippen LogP contribution in [0.4, 0.5) is 10.5 Å². The normalized spacial score (nSPS) is 10.7. The third-order valence-corrected chi connectivity index (χ3v) is 4.86. The number of para-hydroxylation sites is 3. The van der Waals surface area contributed by atoms with Gasteiger partial charge in [0.15, 0.2) is 0 Å². The Labute approximate surface area is 175 Å². The van der Waals surface area contributed by atoms with E-state index in [1.165, 1.54) is 0 Å². The highest BCUT2D eigenvalue weighted by molar-refractivity contribution is 5.84. The summed E-state index contributed by atoms with van der Waals surface area (Å²) in [6.45, 7) is 3.18. The zero-order valence-corrected chi connectivity index (χ0v) is 16.7. The number of carbonyl (C=O) groups is 1. The molecule has 0 aliphatic heterocycles. The number of rotatable bonds is 7. The predicted molar refractivity (Wildman–Crippen MR) is 117 cm³/mol. The van der Waals surface area contributed by atoms with E-state index in [1.54, 1.807) is 12.1 Å². The van der Waals surface area contributed by atoms with Gasteiger partial charge in [0.25, 0.3) is 0 Å². The molecule has 0 spiro atoms. The van der Waals surface area contributed by atoms with E-state index in [-0.39, 0.29) is 13.2 Å². The monoisotopic (exact) mass is 401 g/mol. The molecule has 1 N–H and O–H groups in total. The lowest BCUT2D eigenvalue weighted by atomic mass is 10.1. The maximum Gasteiger partial charge on any atom is 0.411 e. The second-order valence-electron chi connectivity index (χ2n) is 6.88. The molecule has 6 nitrogen and oxygen atoms in total. The lowest BCUT2D eigenvalue weighted by molar-refractivity contribution is 0.137. The maximum absolute atomic E-state index is 11.8. The van der Waals surface area contributed by atoms with Crippen LogP contribution in [-0.4, -0.2) is 28.9 Å². The number of benzene rings is 3. The zero-order valence-electron chi connectivity index (χ0n) is 16.7. The van der Waals surface area contributed by atoms with E-state index >= 15 is 0 Å². The third kappa shape index (κ3) is 4.60. The van der Waals surface area contributed by atoms with E-state index in [9.17, 15) is 4.79 Å². The lowest BCUT2D eigenvalue weighted by Gasteiger charge is -2.14. The minimum absolute atomic E-state index is 0.161. The summed E-state index contributed by atoms with van der Waals surface area (Å²) in [5.74, 6) is 0.781. The first kappa shape index (κ1) is 19.5. The van der Waals surface area contributed by atoms with Crippen molar-refractivity contribution >= 4 is 22.8 Å². The minimum atomic E-state index is -0.498. The number of nitrogens with zero attached hydrogens (tertiary/aromatic N) is 2. The molecule has 1 heterocycles. The summed E-state index contributed by atoms with van der Waals surface area (Å²) >= 11 is 0. The first-order valence-corrected chi connectivity index (χ1v) is 9.81. The van der Waals surface area contributed by atoms with E-state index in [4.69, 9.17) is 9.47 Å². The smallest absolute Gasteiger partial charge is 0.411 e. The van der Waals surface area contributed by atoms with Crippen molar-refractivity contribution < 1.29 is 14.3 Å². The predicted octanol–water partition coefficient (Wildman–Crippen LogP) is 5.02. The highest BCUT2D eigenvalue weighted by Crippen LogP contribution is 2.23. The van der Waals surface area contributed by atoms with Gasteiger partial charge in [0.1, 0.15) is 19.0 Å². The van der Waals surface area contributed by atoms with E-state index in [0.29, 0.717) is 12.2 Å². The highest BCUT2D eigenvalue weighted by Gasteiger charge is 2.09. The van der Waals surface area contributed by atoms with Crippen LogP contribution < -0.4 is 10.1 Å². The molecule has 152 valence electrons. The van der Waals surface area contributed by atoms with Crippen LogP contribution in [0, 0.1) is 6.92 Å². The van der Waals surface area contributed by atoms with Crippen molar-refractivity contribution in [3.05, 3.63) is 90.3 Å². The van der Waals surface area contributed by atoms with Crippen LogP contribution in [-0.2, 0) is 11.3 Å². The van der Waals surface area contributed by atoms with Crippen LogP contribution in [0.25, 0.3) is 11.0 Å². The Kier molecular flexibility index (Phi) is 5.94. The maximum atomic E-state index is 11.8. The number of anilines is 1. The van der Waals surface area contributed by atoms with Crippen molar-refractivity contribution in [1.29, 1.82) is 0 Å². The van der Waals surface area contributed by atoms with Crippen molar-refractivity contribution in [1.82, 2.24) is 9.55 Å². The summed E-state index contributed by atoms with van der Waals surface area (Å²) in [6.07, 6.45) is 1.36. The van der Waals surface area contributed by atoms with Crippen molar-refractivity contribution in [2.24, 2.45) is 0 Å². The molecule has 0 aliphatic carbocycles. The summed E-state index contributed by atoms with van der Waals surface area (Å²) in [6, 6.07) is 23.2. The molecule has 0 aliphatic rings. The number of nitrogens with one attached hydrogen (secondary N) is 1. The molecule has 4 rings (SSSR count). The Morgan fingerprint density at radius 2 is 1.77 bits per heavy atom. The molecule has 0 bridgehead atoms. The third-order valence-electron chi connectivity index (χ3n) is 4.86. The minimum Gasteiger partial charge on any atom is -0.490 e. The number of ether oxygens (including phenoxy) is 2. The van der Waals surface area contributed by atoms with Crippen LogP contribution in [0.3, 0.4) is 0 Å². The number of fused-ring (bicyclic) bond motifs is 1. The highest BCUT2D eigenvalue weighted by atomic mass is 16.6.